The number of hydrogen-bond donors (Lipinski definition) is 2. The number of methoxy groups -OCH3 is 1. The minimum absolute atomic E-state index is 0.0974. The highest BCUT2D eigenvalue weighted by Crippen LogP contribution is 2.36. The Morgan fingerprint density at radius 1 is 1.17 bits per heavy atom. The van der Waals surface area contributed by atoms with Gasteiger partial charge in [-0.2, -0.15) is 0 Å². The molecule has 0 radical (unpaired) electrons. The summed E-state index contributed by atoms with van der Waals surface area (Å²) < 4.78 is 12.8. The van der Waals surface area contributed by atoms with E-state index >= 15 is 0 Å². The van der Waals surface area contributed by atoms with Crippen molar-refractivity contribution in [2.24, 2.45) is 0 Å². The number of carbonyl (C=O) groups is 2. The number of nitrogens with zero attached hydrogens (tertiary/aromatic N) is 2. The van der Waals surface area contributed by atoms with Gasteiger partial charge in [-0.3, -0.25) is 4.79 Å². The van der Waals surface area contributed by atoms with Crippen molar-refractivity contribution < 1.29 is 19.1 Å². The fourth-order valence-electron chi connectivity index (χ4n) is 5.24. The number of carbonyl (C=O) groups excluding carboxylic acids is 2. The van der Waals surface area contributed by atoms with Gasteiger partial charge < -0.3 is 25.1 Å². The minimum atomic E-state index is -0.821. The second-order valence-electron chi connectivity index (χ2n) is 9.60. The van der Waals surface area contributed by atoms with Crippen LogP contribution >= 0.6 is 0 Å². The number of fused-ring (bicyclic) bond motifs is 1. The summed E-state index contributed by atoms with van der Waals surface area (Å²) in [6, 6.07) is 12.4. The number of nitrogen functional groups attached to an aromatic ring is 1. The predicted octanol–water partition coefficient (Wildman–Crippen LogP) is 4.27. The van der Waals surface area contributed by atoms with Crippen LogP contribution in [0, 0.1) is 0 Å². The molecule has 0 saturated heterocycles. The van der Waals surface area contributed by atoms with Crippen molar-refractivity contribution in [1.29, 1.82) is 0 Å². The van der Waals surface area contributed by atoms with E-state index in [1.165, 1.54) is 26.4 Å². The second kappa shape index (κ2) is 10.4. The van der Waals surface area contributed by atoms with Crippen LogP contribution < -0.4 is 11.1 Å². The molecule has 1 aromatic heterocycles. The zero-order chi connectivity index (χ0) is 25.1. The van der Waals surface area contributed by atoms with Gasteiger partial charge in [-0.15, -0.1) is 0 Å². The van der Waals surface area contributed by atoms with E-state index in [4.69, 9.17) is 20.2 Å². The number of aromatic nitrogens is 2. The van der Waals surface area contributed by atoms with Crippen molar-refractivity contribution in [3.05, 3.63) is 71.8 Å². The molecule has 2 heterocycles. The number of rotatable bonds is 7. The largest absolute Gasteiger partial charge is 0.500 e. The standard InChI is InChI=1S/C28H32N4O4/c1-35-28(34)24(15-18-7-10-21(29)11-8-18)31-27(33)19-9-12-25-23(16-19)30-26(20-13-14-36-17-20)32(25)22-5-3-2-4-6-22/h7-14,16,20,22,24H,2-6,15,17,29H2,1H3,(H,31,33)/t20?,24-/m0/s1. The highest BCUT2D eigenvalue weighted by molar-refractivity contribution is 5.99. The Bertz CT molecular complexity index is 1270. The number of nitrogens with one attached hydrogen (secondary N) is 1. The molecule has 3 aromatic rings. The van der Waals surface area contributed by atoms with Crippen LogP contribution in [0.2, 0.25) is 0 Å². The SMILES string of the molecule is COC(=O)[C@H](Cc1ccc(N)cc1)NC(=O)c1ccc2c(c1)nc(C1C=COC1)n2C1CCCCC1. The van der Waals surface area contributed by atoms with Crippen LogP contribution in [-0.4, -0.2) is 41.2 Å². The first-order chi connectivity index (χ1) is 17.5. The summed E-state index contributed by atoms with van der Waals surface area (Å²) in [7, 11) is 1.32. The van der Waals surface area contributed by atoms with Crippen LogP contribution in [0.1, 0.15) is 65.8 Å². The van der Waals surface area contributed by atoms with Crippen LogP contribution in [-0.2, 0) is 20.7 Å². The van der Waals surface area contributed by atoms with Crippen LogP contribution in [0.25, 0.3) is 11.0 Å². The molecule has 1 unspecified atom stereocenters. The summed E-state index contributed by atoms with van der Waals surface area (Å²) in [5.74, 6) is 0.234. The average Bonchev–Trinajstić information content (AvgIpc) is 3.57. The zero-order valence-electron chi connectivity index (χ0n) is 20.5. The summed E-state index contributed by atoms with van der Waals surface area (Å²) in [6.07, 6.45) is 10.0. The quantitative estimate of drug-likeness (QED) is 0.380. The number of imidazole rings is 1. The van der Waals surface area contributed by atoms with Crippen molar-refractivity contribution >= 4 is 28.6 Å². The van der Waals surface area contributed by atoms with E-state index in [-0.39, 0.29) is 11.8 Å². The van der Waals surface area contributed by atoms with E-state index in [1.807, 2.05) is 30.3 Å². The van der Waals surface area contributed by atoms with Gasteiger partial charge in [0.05, 0.1) is 30.3 Å². The van der Waals surface area contributed by atoms with E-state index in [0.717, 1.165) is 35.3 Å². The Kier molecular flexibility index (Phi) is 6.93. The van der Waals surface area contributed by atoms with Gasteiger partial charge in [0.2, 0.25) is 0 Å². The van der Waals surface area contributed by atoms with Crippen molar-refractivity contribution in [3.8, 4) is 0 Å². The normalized spacial score (nSPS) is 18.6. The van der Waals surface area contributed by atoms with E-state index < -0.39 is 12.0 Å². The summed E-state index contributed by atoms with van der Waals surface area (Å²) >= 11 is 0. The molecule has 1 fully saturated rings. The van der Waals surface area contributed by atoms with Gasteiger partial charge in [0.15, 0.2) is 0 Å². The lowest BCUT2D eigenvalue weighted by molar-refractivity contribution is -0.142. The lowest BCUT2D eigenvalue weighted by Crippen LogP contribution is -2.43. The van der Waals surface area contributed by atoms with Crippen LogP contribution in [0.3, 0.4) is 0 Å². The van der Waals surface area contributed by atoms with Gasteiger partial charge in [0, 0.05) is 23.7 Å². The van der Waals surface area contributed by atoms with E-state index in [9.17, 15) is 9.59 Å². The first-order valence-corrected chi connectivity index (χ1v) is 12.6. The second-order valence-corrected chi connectivity index (χ2v) is 9.60. The summed E-state index contributed by atoms with van der Waals surface area (Å²) in [6.45, 7) is 0.579. The van der Waals surface area contributed by atoms with Crippen molar-refractivity contribution in [2.75, 3.05) is 19.5 Å². The maximum Gasteiger partial charge on any atom is 0.328 e. The molecule has 8 heteroatoms. The molecule has 8 nitrogen and oxygen atoms in total. The highest BCUT2D eigenvalue weighted by Gasteiger charge is 2.28. The fourth-order valence-corrected chi connectivity index (χ4v) is 5.24. The molecule has 1 amide bonds. The van der Waals surface area contributed by atoms with Gasteiger partial charge in [-0.1, -0.05) is 31.4 Å². The lowest BCUT2D eigenvalue weighted by atomic mass is 9.94. The van der Waals surface area contributed by atoms with Crippen LogP contribution in [0.5, 0.6) is 0 Å². The molecule has 188 valence electrons. The number of esters is 1. The minimum Gasteiger partial charge on any atom is -0.500 e. The van der Waals surface area contributed by atoms with Crippen molar-refractivity contribution in [1.82, 2.24) is 14.9 Å². The Morgan fingerprint density at radius 2 is 1.94 bits per heavy atom. The molecule has 1 aliphatic carbocycles. The molecule has 36 heavy (non-hydrogen) atoms. The molecule has 1 saturated carbocycles. The molecule has 2 aliphatic rings. The van der Waals surface area contributed by atoms with Gasteiger partial charge >= 0.3 is 5.97 Å². The highest BCUT2D eigenvalue weighted by atomic mass is 16.5. The molecule has 0 spiro atoms. The average molecular weight is 489 g/mol. The Hall–Kier alpha value is -3.81. The summed E-state index contributed by atoms with van der Waals surface area (Å²) in [5.41, 5.74) is 9.53. The van der Waals surface area contributed by atoms with E-state index in [1.54, 1.807) is 24.5 Å². The summed E-state index contributed by atoms with van der Waals surface area (Å²) in [4.78, 5) is 30.6. The van der Waals surface area contributed by atoms with E-state index in [0.29, 0.717) is 30.3 Å². The Balaban J connectivity index is 1.42. The predicted molar refractivity (Wildman–Crippen MR) is 138 cm³/mol. The third-order valence-corrected chi connectivity index (χ3v) is 7.14. The maximum atomic E-state index is 13.2. The Morgan fingerprint density at radius 3 is 2.64 bits per heavy atom. The molecule has 0 bridgehead atoms. The molecule has 1 aliphatic heterocycles. The zero-order valence-corrected chi connectivity index (χ0v) is 20.5. The third kappa shape index (κ3) is 4.94. The number of anilines is 1. The molecular formula is C28H32N4O4. The van der Waals surface area contributed by atoms with Gasteiger partial charge in [0.25, 0.3) is 5.91 Å². The maximum absolute atomic E-state index is 13.2. The molecule has 3 N–H and O–H groups in total. The van der Waals surface area contributed by atoms with Crippen molar-refractivity contribution in [2.45, 2.75) is 56.5 Å². The number of hydrogen-bond acceptors (Lipinski definition) is 6. The Labute approximate surface area is 210 Å². The number of nitrogens with two attached hydrogens (primary N) is 1. The first kappa shape index (κ1) is 23.9. The molecular weight excluding hydrogens is 456 g/mol. The lowest BCUT2D eigenvalue weighted by Gasteiger charge is -2.26. The first-order valence-electron chi connectivity index (χ1n) is 12.6. The van der Waals surface area contributed by atoms with Gasteiger partial charge in [0.1, 0.15) is 18.5 Å². The third-order valence-electron chi connectivity index (χ3n) is 7.14. The van der Waals surface area contributed by atoms with Gasteiger partial charge in [-0.25, -0.2) is 9.78 Å². The molecule has 2 atom stereocenters. The monoisotopic (exact) mass is 488 g/mol. The number of benzene rings is 2. The molecule has 5 rings (SSSR count). The molecule has 2 aromatic carbocycles. The smallest absolute Gasteiger partial charge is 0.328 e. The van der Waals surface area contributed by atoms with Gasteiger partial charge in [-0.05, 0) is 54.8 Å². The number of ether oxygens (including phenoxy) is 2. The van der Waals surface area contributed by atoms with Crippen molar-refractivity contribution in [3.63, 3.8) is 0 Å². The van der Waals surface area contributed by atoms with Crippen LogP contribution in [0.15, 0.2) is 54.8 Å². The van der Waals surface area contributed by atoms with Crippen LogP contribution in [0.4, 0.5) is 5.69 Å². The summed E-state index contributed by atoms with van der Waals surface area (Å²) in [5, 5.41) is 2.84. The topological polar surface area (TPSA) is 108 Å². The van der Waals surface area contributed by atoms with E-state index in [2.05, 4.69) is 9.88 Å². The number of amides is 1. The fraction of sp³-hybridized carbons (Fsp3) is 0.393.